The quantitative estimate of drug-likeness (QED) is 0.0887. The lowest BCUT2D eigenvalue weighted by molar-refractivity contribution is -0.143. The predicted molar refractivity (Wildman–Crippen MR) is 153 cm³/mol. The molecule has 0 aliphatic heterocycles. The van der Waals surface area contributed by atoms with Crippen molar-refractivity contribution in [1.29, 1.82) is 0 Å². The van der Waals surface area contributed by atoms with Gasteiger partial charge in [0.15, 0.2) is 0 Å². The van der Waals surface area contributed by atoms with Crippen LogP contribution in [0.4, 0.5) is 0 Å². The van der Waals surface area contributed by atoms with Crippen molar-refractivity contribution < 1.29 is 9.53 Å². The molecule has 0 spiro atoms. The molecule has 0 radical (unpaired) electrons. The fourth-order valence-corrected chi connectivity index (χ4v) is 5.77. The highest BCUT2D eigenvalue weighted by atomic mass is 16.5. The summed E-state index contributed by atoms with van der Waals surface area (Å²) in [5, 5.41) is 0. The summed E-state index contributed by atoms with van der Waals surface area (Å²) in [6.07, 6.45) is 31.2. The summed E-state index contributed by atoms with van der Waals surface area (Å²) < 4.78 is 4.98. The van der Waals surface area contributed by atoms with Gasteiger partial charge in [0.1, 0.15) is 0 Å². The van der Waals surface area contributed by atoms with Gasteiger partial charge in [0.05, 0.1) is 6.61 Å². The number of hydrogen-bond acceptors (Lipinski definition) is 3. The lowest BCUT2D eigenvalue weighted by Crippen LogP contribution is -2.27. The monoisotopic (exact) mass is 493 g/mol. The van der Waals surface area contributed by atoms with Crippen LogP contribution in [-0.2, 0) is 9.53 Å². The van der Waals surface area contributed by atoms with E-state index in [1.165, 1.54) is 135 Å². The van der Waals surface area contributed by atoms with E-state index in [2.05, 4.69) is 25.9 Å². The Morgan fingerprint density at radius 2 is 1.14 bits per heavy atom. The molecule has 3 unspecified atom stereocenters. The van der Waals surface area contributed by atoms with Crippen LogP contribution in [0.5, 0.6) is 0 Å². The molecule has 208 valence electrons. The Labute approximate surface area is 220 Å². The molecule has 0 aromatic carbocycles. The number of carbonyl (C=O) groups excluding carboxylic acids is 1. The number of ether oxygens (including phenoxy) is 1. The SMILES string of the molecule is CCCCCCCCC(CCCCCCCCC1CC1CCCCCCCC(=O)OCC)N(C)C. The molecule has 1 saturated carbocycles. The van der Waals surface area contributed by atoms with E-state index in [1.807, 2.05) is 6.92 Å². The van der Waals surface area contributed by atoms with E-state index in [1.54, 1.807) is 0 Å². The van der Waals surface area contributed by atoms with Crippen LogP contribution in [0, 0.1) is 11.8 Å². The van der Waals surface area contributed by atoms with Crippen molar-refractivity contribution in [2.45, 2.75) is 168 Å². The molecule has 3 heteroatoms. The number of nitrogens with zero attached hydrogens (tertiary/aromatic N) is 1. The van der Waals surface area contributed by atoms with Crippen molar-refractivity contribution in [3.05, 3.63) is 0 Å². The zero-order valence-corrected chi connectivity index (χ0v) is 24.5. The molecule has 0 amide bonds. The second kappa shape index (κ2) is 22.6. The van der Waals surface area contributed by atoms with Gasteiger partial charge >= 0.3 is 5.97 Å². The Kier molecular flexibility index (Phi) is 21.0. The van der Waals surface area contributed by atoms with Crippen LogP contribution in [0.25, 0.3) is 0 Å². The Morgan fingerprint density at radius 3 is 1.63 bits per heavy atom. The normalized spacial score (nSPS) is 18.2. The zero-order valence-electron chi connectivity index (χ0n) is 24.5. The van der Waals surface area contributed by atoms with Crippen molar-refractivity contribution in [3.63, 3.8) is 0 Å². The lowest BCUT2D eigenvalue weighted by Gasteiger charge is -2.24. The van der Waals surface area contributed by atoms with Gasteiger partial charge in [0, 0.05) is 12.5 Å². The molecule has 3 nitrogen and oxygen atoms in total. The minimum Gasteiger partial charge on any atom is -0.466 e. The molecule has 0 bridgehead atoms. The van der Waals surface area contributed by atoms with E-state index in [4.69, 9.17) is 4.74 Å². The molecule has 0 aromatic heterocycles. The summed E-state index contributed by atoms with van der Waals surface area (Å²) in [4.78, 5) is 13.8. The van der Waals surface area contributed by atoms with Crippen molar-refractivity contribution in [2.75, 3.05) is 20.7 Å². The van der Waals surface area contributed by atoms with E-state index >= 15 is 0 Å². The van der Waals surface area contributed by atoms with Crippen LogP contribution in [0.3, 0.4) is 0 Å². The molecule has 1 rings (SSSR count). The minimum atomic E-state index is -0.0231. The maximum atomic E-state index is 11.3. The Bertz CT molecular complexity index is 478. The first kappa shape index (κ1) is 32.5. The fraction of sp³-hybridized carbons (Fsp3) is 0.969. The predicted octanol–water partition coefficient (Wildman–Crippen LogP) is 9.72. The summed E-state index contributed by atoms with van der Waals surface area (Å²) in [6, 6.07) is 0.803. The Hall–Kier alpha value is -0.570. The molecule has 3 atom stereocenters. The number of rotatable bonds is 26. The van der Waals surface area contributed by atoms with E-state index in [-0.39, 0.29) is 5.97 Å². The molecule has 0 saturated heterocycles. The summed E-state index contributed by atoms with van der Waals surface area (Å²) >= 11 is 0. The van der Waals surface area contributed by atoms with Crippen molar-refractivity contribution in [3.8, 4) is 0 Å². The third-order valence-corrected chi connectivity index (χ3v) is 8.31. The van der Waals surface area contributed by atoms with Crippen molar-refractivity contribution >= 4 is 5.97 Å². The van der Waals surface area contributed by atoms with Gasteiger partial charge in [-0.15, -0.1) is 0 Å². The van der Waals surface area contributed by atoms with Gasteiger partial charge in [-0.25, -0.2) is 0 Å². The van der Waals surface area contributed by atoms with Gasteiger partial charge in [0.2, 0.25) is 0 Å². The molecular weight excluding hydrogens is 430 g/mol. The van der Waals surface area contributed by atoms with Crippen molar-refractivity contribution in [1.82, 2.24) is 4.90 Å². The zero-order chi connectivity index (χ0) is 25.6. The van der Waals surface area contributed by atoms with Gasteiger partial charge in [-0.05, 0) is 58.5 Å². The smallest absolute Gasteiger partial charge is 0.305 e. The van der Waals surface area contributed by atoms with E-state index < -0.39 is 0 Å². The first-order valence-electron chi connectivity index (χ1n) is 15.9. The summed E-state index contributed by atoms with van der Waals surface area (Å²) in [5.41, 5.74) is 0. The van der Waals surface area contributed by atoms with Crippen molar-refractivity contribution in [2.24, 2.45) is 11.8 Å². The summed E-state index contributed by atoms with van der Waals surface area (Å²) in [5.74, 6) is 2.08. The second-order valence-electron chi connectivity index (χ2n) is 11.7. The molecule has 1 fully saturated rings. The topological polar surface area (TPSA) is 29.5 Å². The average molecular weight is 494 g/mol. The molecular formula is C32H63NO2. The van der Waals surface area contributed by atoms with Gasteiger partial charge in [-0.3, -0.25) is 4.79 Å². The van der Waals surface area contributed by atoms with Crippen LogP contribution in [0.1, 0.15) is 162 Å². The van der Waals surface area contributed by atoms with Gasteiger partial charge in [-0.1, -0.05) is 122 Å². The van der Waals surface area contributed by atoms with Crippen LogP contribution in [0.2, 0.25) is 0 Å². The number of unbranched alkanes of at least 4 members (excludes halogenated alkanes) is 14. The number of hydrogen-bond donors (Lipinski definition) is 0. The van der Waals surface area contributed by atoms with Gasteiger partial charge < -0.3 is 9.64 Å². The van der Waals surface area contributed by atoms with Crippen LogP contribution in [0.15, 0.2) is 0 Å². The maximum absolute atomic E-state index is 11.3. The highest BCUT2D eigenvalue weighted by Gasteiger charge is 2.34. The summed E-state index contributed by atoms with van der Waals surface area (Å²) in [7, 11) is 4.56. The highest BCUT2D eigenvalue weighted by molar-refractivity contribution is 5.69. The fourth-order valence-electron chi connectivity index (χ4n) is 5.77. The van der Waals surface area contributed by atoms with Gasteiger partial charge in [-0.2, -0.15) is 0 Å². The molecule has 0 N–H and O–H groups in total. The number of carbonyl (C=O) groups is 1. The first-order valence-corrected chi connectivity index (χ1v) is 15.9. The second-order valence-corrected chi connectivity index (χ2v) is 11.7. The van der Waals surface area contributed by atoms with E-state index in [0.29, 0.717) is 13.0 Å². The first-order chi connectivity index (χ1) is 17.1. The Morgan fingerprint density at radius 1 is 0.686 bits per heavy atom. The average Bonchev–Trinajstić information content (AvgIpc) is 3.58. The van der Waals surface area contributed by atoms with E-state index in [0.717, 1.165) is 24.3 Å². The summed E-state index contributed by atoms with van der Waals surface area (Å²) in [6.45, 7) is 4.69. The molecule has 0 heterocycles. The van der Waals surface area contributed by atoms with Gasteiger partial charge in [0.25, 0.3) is 0 Å². The Balaban J connectivity index is 1.85. The standard InChI is InChI=1S/C32H63NO2/c1-5-7-8-9-15-20-25-31(33(3)4)26-21-16-11-10-13-18-23-29-28-30(29)24-19-14-12-17-22-27-32(34)35-6-2/h29-31H,5-28H2,1-4H3. The molecule has 1 aliphatic rings. The minimum absolute atomic E-state index is 0.0231. The largest absolute Gasteiger partial charge is 0.466 e. The molecule has 35 heavy (non-hydrogen) atoms. The third kappa shape index (κ3) is 19.2. The highest BCUT2D eigenvalue weighted by Crippen LogP contribution is 2.45. The number of esters is 1. The molecule has 1 aliphatic carbocycles. The third-order valence-electron chi connectivity index (χ3n) is 8.31. The van der Waals surface area contributed by atoms with E-state index in [9.17, 15) is 4.79 Å². The molecule has 0 aromatic rings. The maximum Gasteiger partial charge on any atom is 0.305 e. The van der Waals surface area contributed by atoms with Crippen LogP contribution < -0.4 is 0 Å². The lowest BCUT2D eigenvalue weighted by atomic mass is 9.99. The van der Waals surface area contributed by atoms with Crippen LogP contribution in [-0.4, -0.2) is 37.6 Å². The van der Waals surface area contributed by atoms with Crippen LogP contribution >= 0.6 is 0 Å².